The molecule has 0 bridgehead atoms. The molecule has 0 fully saturated rings. The van der Waals surface area contributed by atoms with Crippen LogP contribution in [-0.4, -0.2) is 20.7 Å². The summed E-state index contributed by atoms with van der Waals surface area (Å²) >= 11 is 0. The Morgan fingerprint density at radius 1 is 0.867 bits per heavy atom. The summed E-state index contributed by atoms with van der Waals surface area (Å²) in [6.07, 6.45) is 6.70. The molecule has 30 heavy (non-hydrogen) atoms. The van der Waals surface area contributed by atoms with Crippen molar-refractivity contribution in [2.75, 3.05) is 5.32 Å². The number of aromatic nitrogens is 3. The number of anilines is 1. The number of rotatable bonds is 8. The highest BCUT2D eigenvalue weighted by atomic mass is 16.1. The molecule has 0 saturated heterocycles. The molecule has 0 aliphatic heterocycles. The van der Waals surface area contributed by atoms with Crippen LogP contribution in [0.3, 0.4) is 0 Å². The molecule has 0 aliphatic carbocycles. The van der Waals surface area contributed by atoms with Crippen molar-refractivity contribution in [1.82, 2.24) is 14.8 Å². The Bertz CT molecular complexity index is 1020. The summed E-state index contributed by atoms with van der Waals surface area (Å²) in [5.74, 6) is 0.530. The van der Waals surface area contributed by atoms with Crippen LogP contribution in [0.5, 0.6) is 0 Å². The van der Waals surface area contributed by atoms with E-state index in [9.17, 15) is 4.79 Å². The van der Waals surface area contributed by atoms with Crippen LogP contribution in [0.4, 0.5) is 5.82 Å². The van der Waals surface area contributed by atoms with Gasteiger partial charge in [0.2, 0.25) is 5.91 Å². The predicted molar refractivity (Wildman–Crippen MR) is 118 cm³/mol. The third kappa shape index (κ3) is 5.20. The molecule has 0 spiro atoms. The fraction of sp³-hybridized carbons (Fsp3) is 0.160. The number of aryl methyl sites for hydroxylation is 2. The van der Waals surface area contributed by atoms with E-state index in [0.29, 0.717) is 12.2 Å². The maximum absolute atomic E-state index is 12.8. The van der Waals surface area contributed by atoms with Crippen LogP contribution in [0.2, 0.25) is 0 Å². The normalized spacial score (nSPS) is 10.8. The van der Waals surface area contributed by atoms with E-state index in [2.05, 4.69) is 39.7 Å². The fourth-order valence-electron chi connectivity index (χ4n) is 3.52. The smallest absolute Gasteiger partial charge is 0.226 e. The average Bonchev–Trinajstić information content (AvgIpc) is 3.25. The van der Waals surface area contributed by atoms with Gasteiger partial charge in [-0.1, -0.05) is 60.7 Å². The Kier molecular flexibility index (Phi) is 6.30. The molecule has 2 heterocycles. The Labute approximate surface area is 176 Å². The second-order valence-corrected chi connectivity index (χ2v) is 7.20. The Balaban J connectivity index is 1.40. The van der Waals surface area contributed by atoms with Gasteiger partial charge < -0.3 is 5.32 Å². The average molecular weight is 396 g/mol. The van der Waals surface area contributed by atoms with E-state index in [1.807, 2.05) is 65.5 Å². The molecular formula is C25H24N4O. The second kappa shape index (κ2) is 9.65. The van der Waals surface area contributed by atoms with Crippen molar-refractivity contribution in [3.8, 4) is 0 Å². The van der Waals surface area contributed by atoms with E-state index >= 15 is 0 Å². The first kappa shape index (κ1) is 19.6. The minimum absolute atomic E-state index is 0.00109. The number of hydrogen-bond donors (Lipinski definition) is 1. The van der Waals surface area contributed by atoms with Gasteiger partial charge >= 0.3 is 0 Å². The molecule has 150 valence electrons. The van der Waals surface area contributed by atoms with Gasteiger partial charge in [-0.15, -0.1) is 0 Å². The van der Waals surface area contributed by atoms with Crippen LogP contribution < -0.4 is 5.32 Å². The van der Waals surface area contributed by atoms with Gasteiger partial charge in [0, 0.05) is 43.5 Å². The van der Waals surface area contributed by atoms with E-state index in [1.165, 1.54) is 5.56 Å². The molecule has 4 rings (SSSR count). The molecule has 1 amide bonds. The molecule has 2 aromatic heterocycles. The predicted octanol–water partition coefficient (Wildman–Crippen LogP) is 4.68. The standard InChI is InChI=1S/C25H24N4O/c30-25(19-23(21-7-3-1-4-8-21)22-9-5-2-6-10-22)27-24-14-18-29(28-24)17-13-20-11-15-26-16-12-20/h1-12,14-16,18,23H,13,17,19H2,(H,27,28,30). The number of carbonyl (C=O) groups is 1. The fourth-order valence-corrected chi connectivity index (χ4v) is 3.52. The zero-order chi connectivity index (χ0) is 20.6. The first-order valence-electron chi connectivity index (χ1n) is 10.1. The monoisotopic (exact) mass is 396 g/mol. The number of amides is 1. The van der Waals surface area contributed by atoms with E-state index < -0.39 is 0 Å². The quantitative estimate of drug-likeness (QED) is 0.470. The highest BCUT2D eigenvalue weighted by Gasteiger charge is 2.18. The first-order valence-corrected chi connectivity index (χ1v) is 10.1. The topological polar surface area (TPSA) is 59.8 Å². The zero-order valence-corrected chi connectivity index (χ0v) is 16.7. The lowest BCUT2D eigenvalue weighted by Gasteiger charge is -2.17. The molecule has 2 aromatic carbocycles. The van der Waals surface area contributed by atoms with E-state index in [1.54, 1.807) is 12.4 Å². The summed E-state index contributed by atoms with van der Waals surface area (Å²) in [4.78, 5) is 16.8. The van der Waals surface area contributed by atoms with Gasteiger partial charge in [-0.25, -0.2) is 0 Å². The Morgan fingerprint density at radius 2 is 1.50 bits per heavy atom. The van der Waals surface area contributed by atoms with Crippen molar-refractivity contribution in [3.63, 3.8) is 0 Å². The molecule has 5 heteroatoms. The van der Waals surface area contributed by atoms with Crippen LogP contribution in [0, 0.1) is 0 Å². The maximum Gasteiger partial charge on any atom is 0.226 e. The van der Waals surface area contributed by atoms with Crippen LogP contribution >= 0.6 is 0 Å². The van der Waals surface area contributed by atoms with Gasteiger partial charge in [0.25, 0.3) is 0 Å². The molecule has 0 radical (unpaired) electrons. The number of pyridine rings is 1. The molecule has 5 nitrogen and oxygen atoms in total. The summed E-state index contributed by atoms with van der Waals surface area (Å²) in [5, 5.41) is 7.44. The summed E-state index contributed by atoms with van der Waals surface area (Å²) in [7, 11) is 0. The number of benzene rings is 2. The van der Waals surface area contributed by atoms with Crippen LogP contribution in [0.15, 0.2) is 97.5 Å². The minimum Gasteiger partial charge on any atom is -0.309 e. The summed E-state index contributed by atoms with van der Waals surface area (Å²) < 4.78 is 1.85. The third-order valence-electron chi connectivity index (χ3n) is 5.08. The molecule has 4 aromatic rings. The van der Waals surface area contributed by atoms with E-state index in [4.69, 9.17) is 0 Å². The third-order valence-corrected chi connectivity index (χ3v) is 5.08. The molecule has 0 saturated carbocycles. The molecule has 1 N–H and O–H groups in total. The van der Waals surface area contributed by atoms with Crippen molar-refractivity contribution >= 4 is 11.7 Å². The van der Waals surface area contributed by atoms with Gasteiger partial charge in [0.1, 0.15) is 0 Å². The van der Waals surface area contributed by atoms with Crippen molar-refractivity contribution in [2.24, 2.45) is 0 Å². The van der Waals surface area contributed by atoms with E-state index in [0.717, 1.165) is 24.1 Å². The molecule has 0 unspecified atom stereocenters. The van der Waals surface area contributed by atoms with Gasteiger partial charge in [-0.3, -0.25) is 14.5 Å². The van der Waals surface area contributed by atoms with Crippen LogP contribution in [-0.2, 0) is 17.8 Å². The van der Waals surface area contributed by atoms with Crippen molar-refractivity contribution in [1.29, 1.82) is 0 Å². The first-order chi connectivity index (χ1) is 14.8. The van der Waals surface area contributed by atoms with Gasteiger partial charge in [0.05, 0.1) is 0 Å². The highest BCUT2D eigenvalue weighted by Crippen LogP contribution is 2.28. The summed E-state index contributed by atoms with van der Waals surface area (Å²) in [5.41, 5.74) is 3.46. The SMILES string of the molecule is O=C(CC(c1ccccc1)c1ccccc1)Nc1ccn(CCc2ccncc2)n1. The van der Waals surface area contributed by atoms with E-state index in [-0.39, 0.29) is 11.8 Å². The Hall–Kier alpha value is -3.73. The minimum atomic E-state index is -0.0490. The lowest BCUT2D eigenvalue weighted by Crippen LogP contribution is -2.17. The number of hydrogen-bond acceptors (Lipinski definition) is 3. The highest BCUT2D eigenvalue weighted by molar-refractivity contribution is 5.90. The van der Waals surface area contributed by atoms with Gasteiger partial charge in [-0.2, -0.15) is 5.10 Å². The summed E-state index contributed by atoms with van der Waals surface area (Å²) in [6, 6.07) is 26.1. The van der Waals surface area contributed by atoms with Gasteiger partial charge in [0.15, 0.2) is 5.82 Å². The lowest BCUT2D eigenvalue weighted by atomic mass is 9.88. The second-order valence-electron chi connectivity index (χ2n) is 7.20. The van der Waals surface area contributed by atoms with Gasteiger partial charge in [-0.05, 0) is 35.2 Å². The molecule has 0 aliphatic rings. The Morgan fingerprint density at radius 3 is 2.13 bits per heavy atom. The zero-order valence-electron chi connectivity index (χ0n) is 16.7. The number of nitrogens with zero attached hydrogens (tertiary/aromatic N) is 3. The molecular weight excluding hydrogens is 372 g/mol. The van der Waals surface area contributed by atoms with Crippen molar-refractivity contribution in [2.45, 2.75) is 25.3 Å². The van der Waals surface area contributed by atoms with Crippen molar-refractivity contribution in [3.05, 3.63) is 114 Å². The molecule has 0 atom stereocenters. The lowest BCUT2D eigenvalue weighted by molar-refractivity contribution is -0.116. The largest absolute Gasteiger partial charge is 0.309 e. The van der Waals surface area contributed by atoms with Crippen LogP contribution in [0.1, 0.15) is 29.0 Å². The maximum atomic E-state index is 12.8. The van der Waals surface area contributed by atoms with Crippen molar-refractivity contribution < 1.29 is 4.79 Å². The van der Waals surface area contributed by atoms with Crippen LogP contribution in [0.25, 0.3) is 0 Å². The number of carbonyl (C=O) groups excluding carboxylic acids is 1. The summed E-state index contributed by atoms with van der Waals surface area (Å²) in [6.45, 7) is 0.747. The number of nitrogens with one attached hydrogen (secondary N) is 1.